The lowest BCUT2D eigenvalue weighted by molar-refractivity contribution is -0.385. The topological polar surface area (TPSA) is 79.6 Å². The second kappa shape index (κ2) is 10.5. The molecule has 0 unspecified atom stereocenters. The van der Waals surface area contributed by atoms with E-state index in [4.69, 9.17) is 0 Å². The standard InChI is InChI=1S/C18H24N4O2S.HI/c1-4-19-17(21-13-18(2,3)16-10-7-11-25-16)20-12-14-8-5-6-9-15(14)22(23)24;/h5-11H,4,12-13H2,1-3H3,(H2,19,20,21);1H. The third-order valence-electron chi connectivity index (χ3n) is 3.83. The number of para-hydroxylation sites is 1. The van der Waals surface area contributed by atoms with E-state index in [9.17, 15) is 10.1 Å². The van der Waals surface area contributed by atoms with Crippen molar-refractivity contribution in [2.24, 2.45) is 4.99 Å². The number of nitro benzene ring substituents is 1. The Morgan fingerprint density at radius 1 is 1.23 bits per heavy atom. The summed E-state index contributed by atoms with van der Waals surface area (Å²) < 4.78 is 0. The number of nitrogens with zero attached hydrogens (tertiary/aromatic N) is 2. The average Bonchev–Trinajstić information content (AvgIpc) is 3.13. The Morgan fingerprint density at radius 3 is 2.58 bits per heavy atom. The SMILES string of the molecule is CCNC(=NCc1ccccc1[N+](=O)[O-])NCC(C)(C)c1cccs1.I. The van der Waals surface area contributed by atoms with Gasteiger partial charge >= 0.3 is 0 Å². The summed E-state index contributed by atoms with van der Waals surface area (Å²) in [5.74, 6) is 0.658. The number of hydrogen-bond acceptors (Lipinski definition) is 4. The molecule has 26 heavy (non-hydrogen) atoms. The number of thiophene rings is 1. The van der Waals surface area contributed by atoms with Crippen LogP contribution in [0.15, 0.2) is 46.8 Å². The highest BCUT2D eigenvalue weighted by atomic mass is 127. The van der Waals surface area contributed by atoms with Gasteiger partial charge in [-0.05, 0) is 18.4 Å². The van der Waals surface area contributed by atoms with Gasteiger partial charge in [-0.2, -0.15) is 0 Å². The summed E-state index contributed by atoms with van der Waals surface area (Å²) >= 11 is 1.74. The number of hydrogen-bond donors (Lipinski definition) is 2. The van der Waals surface area contributed by atoms with E-state index in [0.29, 0.717) is 11.5 Å². The number of rotatable bonds is 7. The lowest BCUT2D eigenvalue weighted by Gasteiger charge is -2.25. The molecule has 1 aromatic heterocycles. The maximum atomic E-state index is 11.1. The first-order valence-corrected chi connectivity index (χ1v) is 9.10. The number of benzene rings is 1. The van der Waals surface area contributed by atoms with Gasteiger partial charge in [-0.3, -0.25) is 10.1 Å². The highest BCUT2D eigenvalue weighted by molar-refractivity contribution is 14.0. The van der Waals surface area contributed by atoms with E-state index in [1.807, 2.05) is 6.92 Å². The largest absolute Gasteiger partial charge is 0.357 e. The van der Waals surface area contributed by atoms with Crippen LogP contribution in [0.4, 0.5) is 5.69 Å². The van der Waals surface area contributed by atoms with Gasteiger partial charge in [-0.15, -0.1) is 35.3 Å². The quantitative estimate of drug-likeness (QED) is 0.200. The van der Waals surface area contributed by atoms with Gasteiger partial charge in [-0.25, -0.2) is 4.99 Å². The smallest absolute Gasteiger partial charge is 0.274 e. The van der Waals surface area contributed by atoms with Crippen molar-refractivity contribution < 1.29 is 4.92 Å². The molecule has 0 aliphatic rings. The molecule has 0 spiro atoms. The minimum atomic E-state index is -0.370. The van der Waals surface area contributed by atoms with Crippen LogP contribution in [0.2, 0.25) is 0 Å². The van der Waals surface area contributed by atoms with Crippen LogP contribution in [-0.4, -0.2) is 24.0 Å². The van der Waals surface area contributed by atoms with Gasteiger partial charge < -0.3 is 10.6 Å². The van der Waals surface area contributed by atoms with Crippen LogP contribution in [0.5, 0.6) is 0 Å². The van der Waals surface area contributed by atoms with E-state index in [1.54, 1.807) is 29.5 Å². The normalized spacial score (nSPS) is 11.6. The van der Waals surface area contributed by atoms with Crippen LogP contribution in [0.25, 0.3) is 0 Å². The molecule has 1 heterocycles. The molecule has 0 saturated heterocycles. The van der Waals surface area contributed by atoms with Gasteiger partial charge in [-0.1, -0.05) is 38.1 Å². The van der Waals surface area contributed by atoms with Crippen molar-refractivity contribution in [3.8, 4) is 0 Å². The molecule has 1 aromatic carbocycles. The first-order chi connectivity index (χ1) is 11.9. The number of halogens is 1. The van der Waals surface area contributed by atoms with E-state index < -0.39 is 0 Å². The van der Waals surface area contributed by atoms with E-state index in [0.717, 1.165) is 13.1 Å². The third kappa shape index (κ3) is 6.24. The molecule has 0 bridgehead atoms. The number of nitrogens with one attached hydrogen (secondary N) is 2. The van der Waals surface area contributed by atoms with Gasteiger partial charge in [0.2, 0.25) is 0 Å². The van der Waals surface area contributed by atoms with Gasteiger partial charge in [0.1, 0.15) is 0 Å². The minimum absolute atomic E-state index is 0. The Morgan fingerprint density at radius 2 is 1.96 bits per heavy atom. The summed E-state index contributed by atoms with van der Waals surface area (Å²) in [6, 6.07) is 10.9. The average molecular weight is 488 g/mol. The van der Waals surface area contributed by atoms with E-state index in [-0.39, 0.29) is 46.5 Å². The lowest BCUT2D eigenvalue weighted by Crippen LogP contribution is -2.43. The van der Waals surface area contributed by atoms with E-state index in [1.165, 1.54) is 10.9 Å². The zero-order valence-corrected chi connectivity index (χ0v) is 18.3. The summed E-state index contributed by atoms with van der Waals surface area (Å²) in [5, 5.41) is 19.7. The van der Waals surface area contributed by atoms with Crippen LogP contribution in [0, 0.1) is 10.1 Å². The molecule has 0 aliphatic heterocycles. The summed E-state index contributed by atoms with van der Waals surface area (Å²) in [4.78, 5) is 16.5. The molecule has 0 amide bonds. The zero-order chi connectivity index (χ0) is 18.3. The molecule has 8 heteroatoms. The molecule has 0 aliphatic carbocycles. The van der Waals surface area contributed by atoms with Gasteiger partial charge in [0.05, 0.1) is 17.0 Å². The van der Waals surface area contributed by atoms with E-state index >= 15 is 0 Å². The minimum Gasteiger partial charge on any atom is -0.357 e. The maximum absolute atomic E-state index is 11.1. The fourth-order valence-electron chi connectivity index (χ4n) is 2.38. The molecular formula is C18H25IN4O2S. The van der Waals surface area contributed by atoms with Crippen molar-refractivity contribution in [2.45, 2.75) is 32.7 Å². The molecule has 142 valence electrons. The van der Waals surface area contributed by atoms with Crippen molar-refractivity contribution >= 4 is 47.0 Å². The molecule has 0 fully saturated rings. The van der Waals surface area contributed by atoms with Gasteiger partial charge in [0.25, 0.3) is 5.69 Å². The molecule has 2 rings (SSSR count). The molecular weight excluding hydrogens is 463 g/mol. The van der Waals surface area contributed by atoms with Crippen molar-refractivity contribution in [2.75, 3.05) is 13.1 Å². The third-order valence-corrected chi connectivity index (χ3v) is 5.06. The number of aliphatic imine (C=N–C) groups is 1. The van der Waals surface area contributed by atoms with Crippen LogP contribution >= 0.6 is 35.3 Å². The maximum Gasteiger partial charge on any atom is 0.274 e. The first kappa shape index (κ1) is 22.4. The Kier molecular flexibility index (Phi) is 9.00. The molecule has 0 atom stereocenters. The first-order valence-electron chi connectivity index (χ1n) is 8.22. The fraction of sp³-hybridized carbons (Fsp3) is 0.389. The fourth-order valence-corrected chi connectivity index (χ4v) is 3.24. The zero-order valence-electron chi connectivity index (χ0n) is 15.2. The molecule has 6 nitrogen and oxygen atoms in total. The summed E-state index contributed by atoms with van der Waals surface area (Å²) in [7, 11) is 0. The highest BCUT2D eigenvalue weighted by Gasteiger charge is 2.22. The molecule has 0 saturated carbocycles. The van der Waals surface area contributed by atoms with Crippen LogP contribution in [0.3, 0.4) is 0 Å². The second-order valence-electron chi connectivity index (χ2n) is 6.30. The van der Waals surface area contributed by atoms with Gasteiger partial charge in [0.15, 0.2) is 5.96 Å². The van der Waals surface area contributed by atoms with Crippen LogP contribution in [-0.2, 0) is 12.0 Å². The number of nitro groups is 1. The van der Waals surface area contributed by atoms with Crippen molar-refractivity contribution in [1.29, 1.82) is 0 Å². The lowest BCUT2D eigenvalue weighted by atomic mass is 9.91. The number of guanidine groups is 1. The monoisotopic (exact) mass is 488 g/mol. The van der Waals surface area contributed by atoms with Crippen molar-refractivity contribution in [3.05, 3.63) is 62.3 Å². The Balaban J connectivity index is 0.00000338. The Hall–Kier alpha value is -1.68. The second-order valence-corrected chi connectivity index (χ2v) is 7.24. The molecule has 2 N–H and O–H groups in total. The predicted octanol–water partition coefficient (Wildman–Crippen LogP) is 4.31. The summed E-state index contributed by atoms with van der Waals surface area (Å²) in [6.07, 6.45) is 0. The van der Waals surface area contributed by atoms with Gasteiger partial charge in [0, 0.05) is 29.4 Å². The summed E-state index contributed by atoms with van der Waals surface area (Å²) in [5.41, 5.74) is 0.673. The van der Waals surface area contributed by atoms with Crippen LogP contribution in [0.1, 0.15) is 31.2 Å². The van der Waals surface area contributed by atoms with Crippen LogP contribution < -0.4 is 10.6 Å². The Labute approximate surface area is 175 Å². The predicted molar refractivity (Wildman–Crippen MR) is 119 cm³/mol. The highest BCUT2D eigenvalue weighted by Crippen LogP contribution is 2.26. The van der Waals surface area contributed by atoms with Crippen molar-refractivity contribution in [3.63, 3.8) is 0 Å². The van der Waals surface area contributed by atoms with Crippen molar-refractivity contribution in [1.82, 2.24) is 10.6 Å². The summed E-state index contributed by atoms with van der Waals surface area (Å²) in [6.45, 7) is 8.05. The Bertz CT molecular complexity index is 733. The van der Waals surface area contributed by atoms with E-state index in [2.05, 4.69) is 47.0 Å². The molecule has 2 aromatic rings. The molecule has 0 radical (unpaired) electrons.